The van der Waals surface area contributed by atoms with Gasteiger partial charge in [-0.3, -0.25) is 9.59 Å². The van der Waals surface area contributed by atoms with Crippen LogP contribution in [0.25, 0.3) is 0 Å². The summed E-state index contributed by atoms with van der Waals surface area (Å²) < 4.78 is 43.4. The summed E-state index contributed by atoms with van der Waals surface area (Å²) in [6.45, 7) is 1.61. The smallest absolute Gasteiger partial charge is 0.416 e. The fraction of sp³-hybridized carbons (Fsp3) is 0.316. The SMILES string of the molecule is CCOC(=O)[C@]1(C#N)[C@H](C(=O)c2cccs2)[C@H]1c1ccc(C(F)(F)F)cc1. The Morgan fingerprint density at radius 2 is 1.93 bits per heavy atom. The molecule has 1 aromatic carbocycles. The summed E-state index contributed by atoms with van der Waals surface area (Å²) in [6, 6.07) is 9.35. The van der Waals surface area contributed by atoms with E-state index in [2.05, 4.69) is 0 Å². The van der Waals surface area contributed by atoms with Crippen LogP contribution < -0.4 is 0 Å². The summed E-state index contributed by atoms with van der Waals surface area (Å²) >= 11 is 1.18. The lowest BCUT2D eigenvalue weighted by molar-refractivity contribution is -0.148. The van der Waals surface area contributed by atoms with Crippen molar-refractivity contribution in [3.05, 3.63) is 57.8 Å². The van der Waals surface area contributed by atoms with Crippen molar-refractivity contribution in [3.8, 4) is 6.07 Å². The van der Waals surface area contributed by atoms with Gasteiger partial charge in [0.25, 0.3) is 0 Å². The molecule has 0 radical (unpaired) electrons. The molecule has 0 amide bonds. The van der Waals surface area contributed by atoms with Crippen LogP contribution in [0.2, 0.25) is 0 Å². The number of alkyl halides is 3. The first-order valence-electron chi connectivity index (χ1n) is 8.10. The summed E-state index contributed by atoms with van der Waals surface area (Å²) in [4.78, 5) is 25.7. The van der Waals surface area contributed by atoms with E-state index in [9.17, 15) is 28.0 Å². The van der Waals surface area contributed by atoms with Crippen molar-refractivity contribution >= 4 is 23.1 Å². The molecule has 140 valence electrons. The number of carbonyl (C=O) groups excluding carboxylic acids is 2. The van der Waals surface area contributed by atoms with Crippen molar-refractivity contribution in [2.75, 3.05) is 6.61 Å². The van der Waals surface area contributed by atoms with Crippen LogP contribution in [0.4, 0.5) is 13.2 Å². The highest BCUT2D eigenvalue weighted by atomic mass is 32.1. The van der Waals surface area contributed by atoms with Gasteiger partial charge in [0, 0.05) is 5.92 Å². The fourth-order valence-electron chi connectivity index (χ4n) is 3.34. The van der Waals surface area contributed by atoms with Crippen LogP contribution in [0.15, 0.2) is 41.8 Å². The standard InChI is InChI=1S/C19H14F3NO3S/c1-2-26-17(25)18(10-23)14(15(18)16(24)13-4-3-9-27-13)11-5-7-12(8-6-11)19(20,21)22/h3-9,14-15H,2H2,1H3/t14-,15+,18+/m1/s1. The van der Waals surface area contributed by atoms with Crippen molar-refractivity contribution in [2.24, 2.45) is 11.3 Å². The third kappa shape index (κ3) is 3.12. The quantitative estimate of drug-likeness (QED) is 0.557. The predicted octanol–water partition coefficient (Wildman–Crippen LogP) is 4.44. The van der Waals surface area contributed by atoms with Gasteiger partial charge in [-0.15, -0.1) is 11.3 Å². The first-order valence-corrected chi connectivity index (χ1v) is 8.98. The Kier molecular flexibility index (Phi) is 4.82. The van der Waals surface area contributed by atoms with E-state index in [0.29, 0.717) is 10.4 Å². The van der Waals surface area contributed by atoms with Crippen molar-refractivity contribution in [3.63, 3.8) is 0 Å². The van der Waals surface area contributed by atoms with Gasteiger partial charge in [-0.1, -0.05) is 18.2 Å². The van der Waals surface area contributed by atoms with Crippen LogP contribution in [0.5, 0.6) is 0 Å². The maximum absolute atomic E-state index is 12.8. The Morgan fingerprint density at radius 1 is 1.26 bits per heavy atom. The number of carbonyl (C=O) groups is 2. The molecule has 8 heteroatoms. The second kappa shape index (κ2) is 6.82. The largest absolute Gasteiger partial charge is 0.465 e. The molecule has 1 aliphatic rings. The Balaban J connectivity index is 2.01. The third-order valence-corrected chi connectivity index (χ3v) is 5.53. The molecule has 0 aliphatic heterocycles. The molecule has 3 atom stereocenters. The van der Waals surface area contributed by atoms with Crippen LogP contribution in [-0.4, -0.2) is 18.4 Å². The van der Waals surface area contributed by atoms with Crippen LogP contribution in [0, 0.1) is 22.7 Å². The van der Waals surface area contributed by atoms with Gasteiger partial charge in [-0.25, -0.2) is 0 Å². The molecule has 0 bridgehead atoms. The average molecular weight is 393 g/mol. The number of ether oxygens (including phenoxy) is 1. The van der Waals surface area contributed by atoms with E-state index in [1.165, 1.54) is 23.5 Å². The maximum Gasteiger partial charge on any atom is 0.416 e. The van der Waals surface area contributed by atoms with E-state index in [0.717, 1.165) is 12.1 Å². The highest BCUT2D eigenvalue weighted by Crippen LogP contribution is 2.66. The van der Waals surface area contributed by atoms with Gasteiger partial charge in [0.05, 0.1) is 29.0 Å². The number of Topliss-reactive ketones (excluding diaryl/α,β-unsaturated/α-hetero) is 1. The van der Waals surface area contributed by atoms with Crippen LogP contribution in [0.1, 0.15) is 33.6 Å². The molecule has 0 N–H and O–H groups in total. The highest BCUT2D eigenvalue weighted by Gasteiger charge is 2.75. The zero-order valence-electron chi connectivity index (χ0n) is 14.1. The number of ketones is 1. The lowest BCUT2D eigenvalue weighted by Crippen LogP contribution is -2.23. The average Bonchev–Trinajstić information content (AvgIpc) is 3.01. The minimum atomic E-state index is -4.50. The summed E-state index contributed by atoms with van der Waals surface area (Å²) in [7, 11) is 0. The molecule has 1 aromatic heterocycles. The van der Waals surface area contributed by atoms with Gasteiger partial charge in [0.1, 0.15) is 0 Å². The molecule has 1 fully saturated rings. The monoisotopic (exact) mass is 393 g/mol. The molecule has 2 aromatic rings. The van der Waals surface area contributed by atoms with E-state index in [-0.39, 0.29) is 12.4 Å². The van der Waals surface area contributed by atoms with Crippen LogP contribution >= 0.6 is 11.3 Å². The molecule has 27 heavy (non-hydrogen) atoms. The number of halogens is 3. The second-order valence-corrected chi connectivity index (χ2v) is 7.07. The summed E-state index contributed by atoms with van der Waals surface area (Å²) in [6.07, 6.45) is -4.50. The fourth-order valence-corrected chi connectivity index (χ4v) is 4.05. The molecule has 1 heterocycles. The van der Waals surface area contributed by atoms with E-state index in [1.54, 1.807) is 24.4 Å². The van der Waals surface area contributed by atoms with Gasteiger partial charge >= 0.3 is 12.1 Å². The highest BCUT2D eigenvalue weighted by molar-refractivity contribution is 7.12. The number of hydrogen-bond acceptors (Lipinski definition) is 5. The van der Waals surface area contributed by atoms with Crippen LogP contribution in [-0.2, 0) is 15.7 Å². The van der Waals surface area contributed by atoms with Gasteiger partial charge in [0.15, 0.2) is 11.2 Å². The number of esters is 1. The zero-order chi connectivity index (χ0) is 19.8. The van der Waals surface area contributed by atoms with Crippen molar-refractivity contribution in [2.45, 2.75) is 19.0 Å². The lowest BCUT2D eigenvalue weighted by atomic mass is 9.99. The van der Waals surface area contributed by atoms with Crippen molar-refractivity contribution in [1.29, 1.82) is 5.26 Å². The van der Waals surface area contributed by atoms with Crippen molar-refractivity contribution < 1.29 is 27.5 Å². The molecular weight excluding hydrogens is 379 g/mol. The predicted molar refractivity (Wildman–Crippen MR) is 91.0 cm³/mol. The zero-order valence-corrected chi connectivity index (χ0v) is 14.9. The minimum Gasteiger partial charge on any atom is -0.465 e. The van der Waals surface area contributed by atoms with Crippen molar-refractivity contribution in [1.82, 2.24) is 0 Å². The van der Waals surface area contributed by atoms with E-state index in [1.807, 2.05) is 6.07 Å². The number of rotatable bonds is 5. The first kappa shape index (κ1) is 19.1. The van der Waals surface area contributed by atoms with Crippen LogP contribution in [0.3, 0.4) is 0 Å². The van der Waals surface area contributed by atoms with Gasteiger partial charge in [-0.05, 0) is 36.1 Å². The Bertz CT molecular complexity index is 900. The lowest BCUT2D eigenvalue weighted by Gasteiger charge is -2.09. The molecule has 1 aliphatic carbocycles. The topological polar surface area (TPSA) is 67.2 Å². The van der Waals surface area contributed by atoms with E-state index >= 15 is 0 Å². The molecule has 3 rings (SSSR count). The number of benzene rings is 1. The molecular formula is C19H14F3NO3S. The molecule has 0 saturated heterocycles. The minimum absolute atomic E-state index is 0.0297. The van der Waals surface area contributed by atoms with E-state index in [4.69, 9.17) is 4.74 Å². The Labute approximate surface area is 157 Å². The first-order chi connectivity index (χ1) is 12.8. The summed E-state index contributed by atoms with van der Waals surface area (Å²) in [5.74, 6) is -3.05. The van der Waals surface area contributed by atoms with Gasteiger partial charge in [-0.2, -0.15) is 18.4 Å². The number of nitriles is 1. The molecule has 4 nitrogen and oxygen atoms in total. The van der Waals surface area contributed by atoms with E-state index < -0.39 is 35.0 Å². The number of hydrogen-bond donors (Lipinski definition) is 0. The summed E-state index contributed by atoms with van der Waals surface area (Å²) in [5, 5.41) is 11.4. The summed E-state index contributed by atoms with van der Waals surface area (Å²) in [5.41, 5.74) is -2.24. The maximum atomic E-state index is 12.8. The Hall–Kier alpha value is -2.66. The van der Waals surface area contributed by atoms with Gasteiger partial charge < -0.3 is 4.74 Å². The molecule has 0 unspecified atom stereocenters. The van der Waals surface area contributed by atoms with Gasteiger partial charge in [0.2, 0.25) is 0 Å². The number of thiophene rings is 1. The molecule has 0 spiro atoms. The molecule has 1 saturated carbocycles. The second-order valence-electron chi connectivity index (χ2n) is 6.12. The Morgan fingerprint density at radius 3 is 2.41 bits per heavy atom. The normalized spacial score (nSPS) is 24.1. The third-order valence-electron chi connectivity index (χ3n) is 4.65. The number of nitrogens with zero attached hydrogens (tertiary/aromatic N) is 1.